The topological polar surface area (TPSA) is 37.4 Å². The van der Waals surface area contributed by atoms with Crippen molar-refractivity contribution in [3.05, 3.63) is 16.1 Å². The molecule has 0 saturated carbocycles. The number of hydrogen-bond acceptors (Lipinski definition) is 4. The monoisotopic (exact) mass is 317 g/mol. The van der Waals surface area contributed by atoms with Gasteiger partial charge in [-0.05, 0) is 18.9 Å². The maximum atomic E-state index is 6.30. The molecule has 1 aliphatic rings. The summed E-state index contributed by atoms with van der Waals surface area (Å²) < 4.78 is 5.68. The smallest absolute Gasteiger partial charge is 0.150 e. The number of ether oxygens (including phenoxy) is 1. The molecule has 2 rings (SSSR count). The molecule has 20 heavy (non-hydrogen) atoms. The molecular formula is C14H21Cl2N3O. The average Bonchev–Trinajstić information content (AvgIpc) is 2.46. The highest BCUT2D eigenvalue weighted by atomic mass is 35.5. The van der Waals surface area contributed by atoms with Gasteiger partial charge < -0.3 is 15.0 Å². The van der Waals surface area contributed by atoms with Crippen LogP contribution in [0.25, 0.3) is 0 Å². The predicted molar refractivity (Wildman–Crippen MR) is 85.3 cm³/mol. The zero-order chi connectivity index (χ0) is 14.5. The average molecular weight is 318 g/mol. The van der Waals surface area contributed by atoms with Crippen LogP contribution in [0.4, 0.5) is 11.6 Å². The number of nitrogens with zero attached hydrogens (tertiary/aromatic N) is 2. The second-order valence-electron chi connectivity index (χ2n) is 4.90. The van der Waals surface area contributed by atoms with Crippen molar-refractivity contribution in [3.8, 4) is 0 Å². The first-order valence-electron chi connectivity index (χ1n) is 7.12. The molecule has 4 nitrogen and oxygen atoms in total. The number of anilines is 2. The molecule has 1 fully saturated rings. The molecular weight excluding hydrogens is 297 g/mol. The van der Waals surface area contributed by atoms with Gasteiger partial charge in [-0.2, -0.15) is 0 Å². The fraction of sp³-hybridized carbons (Fsp3) is 0.643. The number of nitrogens with one attached hydrogen (secondary N) is 1. The number of rotatable bonds is 5. The molecule has 1 unspecified atom stereocenters. The van der Waals surface area contributed by atoms with Crippen molar-refractivity contribution in [2.75, 3.05) is 36.5 Å². The minimum atomic E-state index is 0.240. The maximum absolute atomic E-state index is 6.30. The van der Waals surface area contributed by atoms with E-state index in [1.165, 1.54) is 0 Å². The van der Waals surface area contributed by atoms with E-state index in [4.69, 9.17) is 27.9 Å². The van der Waals surface area contributed by atoms with Crippen LogP contribution in [-0.4, -0.2) is 37.3 Å². The first-order chi connectivity index (χ1) is 9.65. The van der Waals surface area contributed by atoms with Crippen LogP contribution in [0.1, 0.15) is 26.7 Å². The molecule has 0 aromatic carbocycles. The van der Waals surface area contributed by atoms with Crippen LogP contribution in [0.5, 0.6) is 0 Å². The molecule has 1 aromatic rings. The van der Waals surface area contributed by atoms with Crippen LogP contribution in [-0.2, 0) is 4.74 Å². The minimum Gasteiger partial charge on any atom is -0.375 e. The predicted octanol–water partition coefficient (Wildman–Crippen LogP) is 3.83. The standard InChI is InChI=1S/C14H21Cl2N3O/c1-3-5-17-13-11(15)8-12(16)14(18-13)19-6-7-20-10(4-2)9-19/h8,10H,3-7,9H2,1-2H3,(H,17,18). The Morgan fingerprint density at radius 1 is 1.40 bits per heavy atom. The fourth-order valence-corrected chi connectivity index (χ4v) is 2.75. The van der Waals surface area contributed by atoms with Gasteiger partial charge >= 0.3 is 0 Å². The summed E-state index contributed by atoms with van der Waals surface area (Å²) in [5.74, 6) is 1.49. The van der Waals surface area contributed by atoms with Gasteiger partial charge in [0.1, 0.15) is 11.6 Å². The fourth-order valence-electron chi connectivity index (χ4n) is 2.20. The molecule has 1 saturated heterocycles. The van der Waals surface area contributed by atoms with Crippen LogP contribution in [0, 0.1) is 0 Å². The number of pyridine rings is 1. The van der Waals surface area contributed by atoms with E-state index in [0.29, 0.717) is 22.5 Å². The largest absolute Gasteiger partial charge is 0.375 e. The Morgan fingerprint density at radius 2 is 2.20 bits per heavy atom. The molecule has 0 radical (unpaired) electrons. The van der Waals surface area contributed by atoms with Crippen molar-refractivity contribution in [2.24, 2.45) is 0 Å². The molecule has 2 heterocycles. The summed E-state index contributed by atoms with van der Waals surface area (Å²) >= 11 is 12.5. The van der Waals surface area contributed by atoms with E-state index < -0.39 is 0 Å². The van der Waals surface area contributed by atoms with Gasteiger partial charge in [0, 0.05) is 19.6 Å². The van der Waals surface area contributed by atoms with E-state index in [2.05, 4.69) is 29.0 Å². The third-order valence-electron chi connectivity index (χ3n) is 3.35. The summed E-state index contributed by atoms with van der Waals surface area (Å²) in [6.45, 7) is 7.40. The van der Waals surface area contributed by atoms with E-state index in [9.17, 15) is 0 Å². The molecule has 1 aromatic heterocycles. The molecule has 0 aliphatic carbocycles. The highest BCUT2D eigenvalue weighted by molar-refractivity contribution is 6.37. The maximum Gasteiger partial charge on any atom is 0.150 e. The van der Waals surface area contributed by atoms with Gasteiger partial charge in [0.05, 0.1) is 22.8 Å². The van der Waals surface area contributed by atoms with Gasteiger partial charge in [0.2, 0.25) is 0 Å². The van der Waals surface area contributed by atoms with Crippen LogP contribution in [0.15, 0.2) is 6.07 Å². The molecule has 1 atom stereocenters. The lowest BCUT2D eigenvalue weighted by Crippen LogP contribution is -2.42. The zero-order valence-electron chi connectivity index (χ0n) is 12.0. The minimum absolute atomic E-state index is 0.240. The highest BCUT2D eigenvalue weighted by Gasteiger charge is 2.23. The molecule has 1 aliphatic heterocycles. The van der Waals surface area contributed by atoms with Gasteiger partial charge in [0.25, 0.3) is 0 Å². The van der Waals surface area contributed by atoms with Gasteiger partial charge in [0.15, 0.2) is 0 Å². The molecule has 0 spiro atoms. The Labute approximate surface area is 130 Å². The first kappa shape index (κ1) is 15.7. The summed E-state index contributed by atoms with van der Waals surface area (Å²) in [6.07, 6.45) is 2.25. The van der Waals surface area contributed by atoms with Gasteiger partial charge in [-0.3, -0.25) is 0 Å². The second kappa shape index (κ2) is 7.34. The second-order valence-corrected chi connectivity index (χ2v) is 5.71. The number of hydrogen-bond donors (Lipinski definition) is 1. The summed E-state index contributed by atoms with van der Waals surface area (Å²) in [4.78, 5) is 6.77. The molecule has 6 heteroatoms. The van der Waals surface area contributed by atoms with Crippen molar-refractivity contribution in [1.29, 1.82) is 0 Å². The van der Waals surface area contributed by atoms with E-state index in [0.717, 1.165) is 38.3 Å². The Kier molecular flexibility index (Phi) is 5.75. The van der Waals surface area contributed by atoms with Crippen molar-refractivity contribution >= 4 is 34.8 Å². The zero-order valence-corrected chi connectivity index (χ0v) is 13.5. The Hall–Kier alpha value is -0.710. The third kappa shape index (κ3) is 3.68. The summed E-state index contributed by atoms with van der Waals surface area (Å²) in [7, 11) is 0. The normalized spacial score (nSPS) is 19.2. The number of morpholine rings is 1. The summed E-state index contributed by atoms with van der Waals surface area (Å²) in [5.41, 5.74) is 0. The van der Waals surface area contributed by atoms with Crippen molar-refractivity contribution in [1.82, 2.24) is 4.98 Å². The molecule has 1 N–H and O–H groups in total. The van der Waals surface area contributed by atoms with Crippen LogP contribution in [0.2, 0.25) is 10.0 Å². The van der Waals surface area contributed by atoms with Crippen molar-refractivity contribution in [3.63, 3.8) is 0 Å². The van der Waals surface area contributed by atoms with Crippen LogP contribution in [0.3, 0.4) is 0 Å². The van der Waals surface area contributed by atoms with E-state index in [1.54, 1.807) is 6.07 Å². The first-order valence-corrected chi connectivity index (χ1v) is 7.87. The van der Waals surface area contributed by atoms with E-state index in [-0.39, 0.29) is 6.10 Å². The Balaban J connectivity index is 2.21. The van der Waals surface area contributed by atoms with E-state index in [1.807, 2.05) is 0 Å². The number of aromatic nitrogens is 1. The lowest BCUT2D eigenvalue weighted by molar-refractivity contribution is 0.0382. The summed E-state index contributed by atoms with van der Waals surface area (Å²) in [6, 6.07) is 1.76. The Bertz CT molecular complexity index is 456. The van der Waals surface area contributed by atoms with E-state index >= 15 is 0 Å². The quantitative estimate of drug-likeness (QED) is 0.895. The van der Waals surface area contributed by atoms with Gasteiger partial charge in [-0.1, -0.05) is 37.0 Å². The number of halogens is 2. The highest BCUT2D eigenvalue weighted by Crippen LogP contribution is 2.32. The molecule has 0 amide bonds. The molecule has 0 bridgehead atoms. The van der Waals surface area contributed by atoms with Crippen molar-refractivity contribution < 1.29 is 4.74 Å². The van der Waals surface area contributed by atoms with Crippen molar-refractivity contribution in [2.45, 2.75) is 32.8 Å². The summed E-state index contributed by atoms with van der Waals surface area (Å²) in [5, 5.41) is 4.39. The molecule has 112 valence electrons. The third-order valence-corrected chi connectivity index (χ3v) is 3.91. The van der Waals surface area contributed by atoms with Crippen LogP contribution >= 0.6 is 23.2 Å². The lowest BCUT2D eigenvalue weighted by Gasteiger charge is -2.34. The Morgan fingerprint density at radius 3 is 2.90 bits per heavy atom. The van der Waals surface area contributed by atoms with Gasteiger partial charge in [-0.25, -0.2) is 4.98 Å². The van der Waals surface area contributed by atoms with Crippen LogP contribution < -0.4 is 10.2 Å². The van der Waals surface area contributed by atoms with Gasteiger partial charge in [-0.15, -0.1) is 0 Å². The lowest BCUT2D eigenvalue weighted by atomic mass is 10.2. The SMILES string of the molecule is CCCNc1nc(N2CCOC(CC)C2)c(Cl)cc1Cl.